The molecule has 1 aromatic carbocycles. The molecule has 0 saturated heterocycles. The van der Waals surface area contributed by atoms with Gasteiger partial charge in [-0.1, -0.05) is 19.1 Å². The standard InChI is InChI=1S/C20H24N4O2/c1-6-18(14-8-7-9-15(11-14)26-5)23(3)20(25)16-10-13(2)22-19-17(16)12-21-24(19)4/h7-12,18H,6H2,1-5H3. The molecule has 0 aliphatic heterocycles. The van der Waals surface area contributed by atoms with E-state index in [-0.39, 0.29) is 11.9 Å². The fourth-order valence-corrected chi connectivity index (χ4v) is 3.33. The second kappa shape index (κ2) is 7.15. The summed E-state index contributed by atoms with van der Waals surface area (Å²) in [4.78, 5) is 19.6. The number of hydrogen-bond donors (Lipinski definition) is 0. The van der Waals surface area contributed by atoms with Crippen LogP contribution in [-0.4, -0.2) is 39.7 Å². The molecular formula is C20H24N4O2. The van der Waals surface area contributed by atoms with Crippen LogP contribution in [-0.2, 0) is 7.05 Å². The zero-order chi connectivity index (χ0) is 18.8. The van der Waals surface area contributed by atoms with Crippen LogP contribution in [0.5, 0.6) is 5.75 Å². The lowest BCUT2D eigenvalue weighted by molar-refractivity contribution is 0.0727. The Morgan fingerprint density at radius 1 is 1.35 bits per heavy atom. The number of rotatable bonds is 5. The van der Waals surface area contributed by atoms with E-state index in [2.05, 4.69) is 17.0 Å². The van der Waals surface area contributed by atoms with Gasteiger partial charge in [0, 0.05) is 19.8 Å². The van der Waals surface area contributed by atoms with Gasteiger partial charge in [-0.15, -0.1) is 0 Å². The van der Waals surface area contributed by atoms with Crippen molar-refractivity contribution >= 4 is 16.9 Å². The van der Waals surface area contributed by atoms with E-state index in [0.717, 1.165) is 34.5 Å². The second-order valence-corrected chi connectivity index (χ2v) is 6.43. The average Bonchev–Trinajstić information content (AvgIpc) is 3.02. The Balaban J connectivity index is 2.00. The molecule has 0 aliphatic carbocycles. The summed E-state index contributed by atoms with van der Waals surface area (Å²) in [6.45, 7) is 3.97. The molecule has 3 aromatic rings. The van der Waals surface area contributed by atoms with Crippen molar-refractivity contribution in [3.63, 3.8) is 0 Å². The van der Waals surface area contributed by atoms with Gasteiger partial charge in [0.2, 0.25) is 0 Å². The van der Waals surface area contributed by atoms with E-state index in [9.17, 15) is 4.79 Å². The smallest absolute Gasteiger partial charge is 0.254 e. The highest BCUT2D eigenvalue weighted by atomic mass is 16.5. The van der Waals surface area contributed by atoms with E-state index in [4.69, 9.17) is 4.74 Å². The number of nitrogens with zero attached hydrogens (tertiary/aromatic N) is 4. The molecule has 136 valence electrons. The second-order valence-electron chi connectivity index (χ2n) is 6.43. The fourth-order valence-electron chi connectivity index (χ4n) is 3.33. The van der Waals surface area contributed by atoms with Crippen molar-refractivity contribution in [2.24, 2.45) is 7.05 Å². The molecule has 0 spiro atoms. The Bertz CT molecular complexity index is 948. The summed E-state index contributed by atoms with van der Waals surface area (Å²) < 4.78 is 7.02. The van der Waals surface area contributed by atoms with Crippen LogP contribution >= 0.6 is 0 Å². The molecule has 2 aromatic heterocycles. The van der Waals surface area contributed by atoms with Crippen LogP contribution in [0, 0.1) is 6.92 Å². The Morgan fingerprint density at radius 3 is 2.81 bits per heavy atom. The predicted octanol–water partition coefficient (Wildman–Crippen LogP) is 3.51. The van der Waals surface area contributed by atoms with Gasteiger partial charge in [0.25, 0.3) is 5.91 Å². The van der Waals surface area contributed by atoms with Crippen molar-refractivity contribution in [2.45, 2.75) is 26.3 Å². The number of aromatic nitrogens is 3. The lowest BCUT2D eigenvalue weighted by Gasteiger charge is -2.28. The van der Waals surface area contributed by atoms with E-state index in [1.54, 1.807) is 22.9 Å². The van der Waals surface area contributed by atoms with Crippen molar-refractivity contribution in [1.82, 2.24) is 19.7 Å². The number of benzene rings is 1. The zero-order valence-corrected chi connectivity index (χ0v) is 15.9. The number of fused-ring (bicyclic) bond motifs is 1. The minimum Gasteiger partial charge on any atom is -0.497 e. The van der Waals surface area contributed by atoms with Crippen LogP contribution in [0.15, 0.2) is 36.5 Å². The maximum absolute atomic E-state index is 13.3. The highest BCUT2D eigenvalue weighted by Crippen LogP contribution is 2.29. The number of amides is 1. The largest absolute Gasteiger partial charge is 0.497 e. The summed E-state index contributed by atoms with van der Waals surface area (Å²) in [5.41, 5.74) is 3.20. The van der Waals surface area contributed by atoms with Crippen molar-refractivity contribution in [2.75, 3.05) is 14.2 Å². The molecule has 0 N–H and O–H groups in total. The number of methoxy groups -OCH3 is 1. The molecule has 0 aliphatic rings. The molecule has 0 fully saturated rings. The first-order chi connectivity index (χ1) is 12.5. The molecule has 2 heterocycles. The molecule has 0 bridgehead atoms. The Hall–Kier alpha value is -2.89. The van der Waals surface area contributed by atoms with E-state index in [1.807, 2.05) is 51.4 Å². The van der Waals surface area contributed by atoms with Crippen LogP contribution in [0.1, 0.15) is 41.0 Å². The summed E-state index contributed by atoms with van der Waals surface area (Å²) in [7, 11) is 5.32. The molecule has 1 unspecified atom stereocenters. The van der Waals surface area contributed by atoms with Gasteiger partial charge in [0.1, 0.15) is 5.75 Å². The van der Waals surface area contributed by atoms with Crippen molar-refractivity contribution in [3.8, 4) is 5.75 Å². The van der Waals surface area contributed by atoms with E-state index in [1.165, 1.54) is 0 Å². The van der Waals surface area contributed by atoms with Crippen LogP contribution < -0.4 is 4.74 Å². The first-order valence-corrected chi connectivity index (χ1v) is 8.66. The Labute approximate surface area is 153 Å². The van der Waals surface area contributed by atoms with Gasteiger partial charge in [0.15, 0.2) is 5.65 Å². The van der Waals surface area contributed by atoms with Crippen LogP contribution in [0.25, 0.3) is 11.0 Å². The van der Waals surface area contributed by atoms with Crippen molar-refractivity contribution in [3.05, 3.63) is 53.3 Å². The highest BCUT2D eigenvalue weighted by Gasteiger charge is 2.24. The summed E-state index contributed by atoms with van der Waals surface area (Å²) in [5, 5.41) is 5.03. The number of hydrogen-bond acceptors (Lipinski definition) is 4. The number of ether oxygens (including phenoxy) is 1. The summed E-state index contributed by atoms with van der Waals surface area (Å²) in [6.07, 6.45) is 2.50. The molecule has 26 heavy (non-hydrogen) atoms. The van der Waals surface area contributed by atoms with Crippen LogP contribution in [0.3, 0.4) is 0 Å². The van der Waals surface area contributed by atoms with Gasteiger partial charge in [-0.05, 0) is 37.1 Å². The molecular weight excluding hydrogens is 328 g/mol. The SMILES string of the molecule is CCC(c1cccc(OC)c1)N(C)C(=O)c1cc(C)nc2c1cnn2C. The molecule has 6 heteroatoms. The monoisotopic (exact) mass is 352 g/mol. The van der Waals surface area contributed by atoms with Crippen LogP contribution in [0.4, 0.5) is 0 Å². The van der Waals surface area contributed by atoms with E-state index >= 15 is 0 Å². The third-order valence-corrected chi connectivity index (χ3v) is 4.72. The van der Waals surface area contributed by atoms with Crippen LogP contribution in [0.2, 0.25) is 0 Å². The van der Waals surface area contributed by atoms with Gasteiger partial charge in [-0.2, -0.15) is 5.10 Å². The first kappa shape index (κ1) is 17.9. The minimum absolute atomic E-state index is 0.0387. The number of pyridine rings is 1. The predicted molar refractivity (Wildman–Crippen MR) is 101 cm³/mol. The van der Waals surface area contributed by atoms with Gasteiger partial charge in [0.05, 0.1) is 30.3 Å². The normalized spacial score (nSPS) is 12.2. The quantitative estimate of drug-likeness (QED) is 0.705. The first-order valence-electron chi connectivity index (χ1n) is 8.66. The Morgan fingerprint density at radius 2 is 2.12 bits per heavy atom. The maximum atomic E-state index is 13.3. The molecule has 1 atom stereocenters. The van der Waals surface area contributed by atoms with Gasteiger partial charge in [-0.3, -0.25) is 9.48 Å². The average molecular weight is 352 g/mol. The lowest BCUT2D eigenvalue weighted by Crippen LogP contribution is -2.31. The lowest BCUT2D eigenvalue weighted by atomic mass is 10.0. The highest BCUT2D eigenvalue weighted by molar-refractivity contribution is 6.05. The number of carbonyl (C=O) groups is 1. The number of carbonyl (C=O) groups excluding carboxylic acids is 1. The van der Waals surface area contributed by atoms with Crippen molar-refractivity contribution < 1.29 is 9.53 Å². The third-order valence-electron chi connectivity index (χ3n) is 4.72. The van der Waals surface area contributed by atoms with Gasteiger partial charge in [-0.25, -0.2) is 4.98 Å². The topological polar surface area (TPSA) is 60.2 Å². The van der Waals surface area contributed by atoms with E-state index < -0.39 is 0 Å². The summed E-state index contributed by atoms with van der Waals surface area (Å²) in [6, 6.07) is 9.65. The van der Waals surface area contributed by atoms with Gasteiger partial charge < -0.3 is 9.64 Å². The molecule has 3 rings (SSSR count). The van der Waals surface area contributed by atoms with E-state index in [0.29, 0.717) is 5.56 Å². The number of aryl methyl sites for hydroxylation is 2. The third kappa shape index (κ3) is 3.14. The summed E-state index contributed by atoms with van der Waals surface area (Å²) in [5.74, 6) is 0.749. The van der Waals surface area contributed by atoms with Gasteiger partial charge >= 0.3 is 0 Å². The molecule has 6 nitrogen and oxygen atoms in total. The molecule has 0 radical (unpaired) electrons. The van der Waals surface area contributed by atoms with Crippen molar-refractivity contribution in [1.29, 1.82) is 0 Å². The fraction of sp³-hybridized carbons (Fsp3) is 0.350. The summed E-state index contributed by atoms with van der Waals surface area (Å²) >= 11 is 0. The molecule has 0 saturated carbocycles. The Kier molecular flexibility index (Phi) is 4.93. The zero-order valence-electron chi connectivity index (χ0n) is 15.9. The maximum Gasteiger partial charge on any atom is 0.254 e. The molecule has 1 amide bonds. The minimum atomic E-state index is -0.0437.